The summed E-state index contributed by atoms with van der Waals surface area (Å²) in [5.41, 5.74) is 0. The van der Waals surface area contributed by atoms with Crippen LogP contribution in [0.1, 0.15) is 51.4 Å². The fourth-order valence-corrected chi connectivity index (χ4v) is 10.7. The molecule has 1 saturated carbocycles. The summed E-state index contributed by atoms with van der Waals surface area (Å²) >= 11 is 0. The molecule has 0 bridgehead atoms. The Bertz CT molecular complexity index is 516. The zero-order valence-corrected chi connectivity index (χ0v) is 16.5. The van der Waals surface area contributed by atoms with Crippen molar-refractivity contribution in [2.75, 3.05) is 6.67 Å². The van der Waals surface area contributed by atoms with Crippen molar-refractivity contribution in [3.05, 3.63) is 30.3 Å². The van der Waals surface area contributed by atoms with E-state index in [0.29, 0.717) is 5.92 Å². The molecule has 1 heterocycles. The maximum absolute atomic E-state index is 12.6. The monoisotopic (exact) mass is 360 g/mol. The van der Waals surface area contributed by atoms with E-state index < -0.39 is 8.07 Å². The van der Waals surface area contributed by atoms with Crippen molar-refractivity contribution in [1.29, 1.82) is 0 Å². The highest BCUT2D eigenvalue weighted by atomic mass is 28.3. The van der Waals surface area contributed by atoms with E-state index in [2.05, 4.69) is 30.3 Å². The van der Waals surface area contributed by atoms with E-state index in [0.717, 1.165) is 37.5 Å². The standard InChI is InChI=1S/C22H33FOSi/c23-14-4-5-15-25(22-6-2-1-3-7-22)16-12-21(13-17-25)20-10-8-19(18-24)9-11-20/h1-3,6-7,18-21H,4-5,8-17H2. The maximum atomic E-state index is 12.6. The van der Waals surface area contributed by atoms with Gasteiger partial charge in [0.05, 0.1) is 14.7 Å². The fraction of sp³-hybridized carbons (Fsp3) is 0.682. The second kappa shape index (κ2) is 9.11. The van der Waals surface area contributed by atoms with Gasteiger partial charge in [0.15, 0.2) is 0 Å². The third kappa shape index (κ3) is 4.61. The fourth-order valence-electron chi connectivity index (χ4n) is 5.45. The lowest BCUT2D eigenvalue weighted by molar-refractivity contribution is -0.112. The smallest absolute Gasteiger partial charge is 0.123 e. The zero-order chi connectivity index (χ0) is 17.5. The van der Waals surface area contributed by atoms with Crippen molar-refractivity contribution in [3.63, 3.8) is 0 Å². The number of hydrogen-bond donors (Lipinski definition) is 0. The molecule has 138 valence electrons. The molecular weight excluding hydrogens is 327 g/mol. The van der Waals surface area contributed by atoms with Gasteiger partial charge in [-0.2, -0.15) is 0 Å². The van der Waals surface area contributed by atoms with Gasteiger partial charge in [-0.15, -0.1) is 0 Å². The first-order chi connectivity index (χ1) is 12.3. The Morgan fingerprint density at radius 3 is 2.16 bits per heavy atom. The second-order valence-electron chi connectivity index (χ2n) is 8.44. The Labute approximate surface area is 153 Å². The van der Waals surface area contributed by atoms with Crippen LogP contribution in [0.3, 0.4) is 0 Å². The van der Waals surface area contributed by atoms with Crippen LogP contribution < -0.4 is 5.19 Å². The highest BCUT2D eigenvalue weighted by Crippen LogP contribution is 2.43. The first-order valence-electron chi connectivity index (χ1n) is 10.3. The molecule has 3 heteroatoms. The van der Waals surface area contributed by atoms with Crippen LogP contribution in [0, 0.1) is 17.8 Å². The van der Waals surface area contributed by atoms with Gasteiger partial charge in [0.1, 0.15) is 6.29 Å². The van der Waals surface area contributed by atoms with Crippen LogP contribution in [0.2, 0.25) is 18.1 Å². The molecule has 1 nitrogen and oxygen atoms in total. The van der Waals surface area contributed by atoms with Crippen molar-refractivity contribution < 1.29 is 9.18 Å². The predicted octanol–water partition coefficient (Wildman–Crippen LogP) is 5.51. The van der Waals surface area contributed by atoms with Gasteiger partial charge in [-0.05, 0) is 43.9 Å². The van der Waals surface area contributed by atoms with E-state index in [1.807, 2.05) is 0 Å². The molecule has 0 spiro atoms. The van der Waals surface area contributed by atoms with Crippen LogP contribution >= 0.6 is 0 Å². The topological polar surface area (TPSA) is 17.1 Å². The Kier molecular flexibility index (Phi) is 6.86. The van der Waals surface area contributed by atoms with E-state index in [4.69, 9.17) is 0 Å². The third-order valence-electron chi connectivity index (χ3n) is 7.09. The number of unbranched alkanes of at least 4 members (excludes halogenated alkanes) is 1. The van der Waals surface area contributed by atoms with Crippen molar-refractivity contribution >= 4 is 19.5 Å². The quantitative estimate of drug-likeness (QED) is 0.356. The number of halogens is 1. The molecule has 0 aromatic heterocycles. The predicted molar refractivity (Wildman–Crippen MR) is 106 cm³/mol. The second-order valence-corrected chi connectivity index (χ2v) is 13.1. The minimum atomic E-state index is -1.44. The van der Waals surface area contributed by atoms with Gasteiger partial charge in [-0.1, -0.05) is 72.9 Å². The number of benzene rings is 1. The van der Waals surface area contributed by atoms with Crippen LogP contribution in [0.15, 0.2) is 30.3 Å². The van der Waals surface area contributed by atoms with E-state index in [1.165, 1.54) is 50.1 Å². The van der Waals surface area contributed by atoms with E-state index in [9.17, 15) is 9.18 Å². The molecular formula is C22H33FOSi. The zero-order valence-electron chi connectivity index (χ0n) is 15.5. The van der Waals surface area contributed by atoms with E-state index >= 15 is 0 Å². The number of carbonyl (C=O) groups is 1. The normalized spacial score (nSPS) is 33.1. The van der Waals surface area contributed by atoms with Crippen LogP contribution in [0.4, 0.5) is 4.39 Å². The molecule has 1 aliphatic carbocycles. The number of hydrogen-bond acceptors (Lipinski definition) is 1. The maximum Gasteiger partial charge on any atom is 0.123 e. The van der Waals surface area contributed by atoms with E-state index in [1.54, 1.807) is 5.19 Å². The molecule has 0 atom stereocenters. The van der Waals surface area contributed by atoms with E-state index in [-0.39, 0.29) is 6.67 Å². The first-order valence-corrected chi connectivity index (χ1v) is 13.0. The highest BCUT2D eigenvalue weighted by molar-refractivity contribution is 6.92. The van der Waals surface area contributed by atoms with Crippen LogP contribution in [0.5, 0.6) is 0 Å². The van der Waals surface area contributed by atoms with Gasteiger partial charge in [-0.3, -0.25) is 4.39 Å². The molecule has 1 aliphatic heterocycles. The number of rotatable bonds is 7. The Morgan fingerprint density at radius 2 is 1.56 bits per heavy atom. The number of aldehydes is 1. The molecule has 0 amide bonds. The lowest BCUT2D eigenvalue weighted by Crippen LogP contribution is -2.50. The SMILES string of the molecule is O=CC1CCC(C2CC[Si](CCCCF)(c3ccccc3)CC2)CC1. The first kappa shape index (κ1) is 18.8. The van der Waals surface area contributed by atoms with Crippen LogP contribution in [-0.2, 0) is 4.79 Å². The summed E-state index contributed by atoms with van der Waals surface area (Å²) in [6.45, 7) is -0.165. The number of alkyl halides is 1. The van der Waals surface area contributed by atoms with Gasteiger partial charge < -0.3 is 4.79 Å². The summed E-state index contributed by atoms with van der Waals surface area (Å²) in [4.78, 5) is 11.0. The molecule has 3 rings (SSSR count). The molecule has 1 aromatic carbocycles. The summed E-state index contributed by atoms with van der Waals surface area (Å²) < 4.78 is 12.6. The average Bonchev–Trinajstić information content (AvgIpc) is 2.69. The Balaban J connectivity index is 1.62. The Morgan fingerprint density at radius 1 is 0.920 bits per heavy atom. The van der Waals surface area contributed by atoms with Gasteiger partial charge in [0.25, 0.3) is 0 Å². The molecule has 1 saturated heterocycles. The lowest BCUT2D eigenvalue weighted by atomic mass is 9.74. The summed E-state index contributed by atoms with van der Waals surface area (Å²) in [6.07, 6.45) is 10.5. The molecule has 2 aliphatic rings. The highest BCUT2D eigenvalue weighted by Gasteiger charge is 2.40. The Hall–Kier alpha value is -0.963. The largest absolute Gasteiger partial charge is 0.303 e. The molecule has 25 heavy (non-hydrogen) atoms. The van der Waals surface area contributed by atoms with Crippen LogP contribution in [0.25, 0.3) is 0 Å². The van der Waals surface area contributed by atoms with Gasteiger partial charge in [0, 0.05) is 5.92 Å². The minimum Gasteiger partial charge on any atom is -0.303 e. The summed E-state index contributed by atoms with van der Waals surface area (Å²) in [5, 5.41) is 1.61. The van der Waals surface area contributed by atoms with Crippen molar-refractivity contribution in [1.82, 2.24) is 0 Å². The lowest BCUT2D eigenvalue weighted by Gasteiger charge is -2.43. The van der Waals surface area contributed by atoms with Crippen molar-refractivity contribution in [3.8, 4) is 0 Å². The third-order valence-corrected chi connectivity index (χ3v) is 12.4. The minimum absolute atomic E-state index is 0.165. The summed E-state index contributed by atoms with van der Waals surface area (Å²) in [6, 6.07) is 15.2. The van der Waals surface area contributed by atoms with Crippen LogP contribution in [-0.4, -0.2) is 21.0 Å². The van der Waals surface area contributed by atoms with Crippen molar-refractivity contribution in [2.45, 2.75) is 69.5 Å². The average molecular weight is 361 g/mol. The summed E-state index contributed by atoms with van der Waals surface area (Å²) in [5.74, 6) is 2.06. The molecule has 0 radical (unpaired) electrons. The molecule has 0 unspecified atom stereocenters. The summed E-state index contributed by atoms with van der Waals surface area (Å²) in [7, 11) is -1.44. The van der Waals surface area contributed by atoms with Crippen molar-refractivity contribution in [2.24, 2.45) is 17.8 Å². The van der Waals surface area contributed by atoms with Gasteiger partial charge >= 0.3 is 0 Å². The molecule has 0 N–H and O–H groups in total. The number of carbonyl (C=O) groups excluding carboxylic acids is 1. The van der Waals surface area contributed by atoms with Gasteiger partial charge in [-0.25, -0.2) is 0 Å². The van der Waals surface area contributed by atoms with Gasteiger partial charge in [0.2, 0.25) is 0 Å². The molecule has 2 fully saturated rings. The molecule has 1 aromatic rings.